The largest absolute Gasteiger partial charge is 0.491 e. The molecule has 1 aromatic carbocycles. The summed E-state index contributed by atoms with van der Waals surface area (Å²) in [7, 11) is 0. The number of amidine groups is 1. The van der Waals surface area contributed by atoms with E-state index in [0.29, 0.717) is 34.0 Å². The van der Waals surface area contributed by atoms with E-state index in [0.717, 1.165) is 44.3 Å². The van der Waals surface area contributed by atoms with Crippen molar-refractivity contribution in [2.24, 2.45) is 4.99 Å². The maximum absolute atomic E-state index is 12.8. The number of nitrogens with one attached hydrogen (secondary N) is 3. The summed E-state index contributed by atoms with van der Waals surface area (Å²) in [5.74, 6) is 1.35. The maximum Gasteiger partial charge on any atom is 0.190 e. The third kappa shape index (κ3) is 6.09. The fraction of sp³-hybridized carbons (Fsp3) is 0.478. The molecule has 0 aliphatic carbocycles. The van der Waals surface area contributed by atoms with Crippen LogP contribution in [0.4, 0.5) is 0 Å². The van der Waals surface area contributed by atoms with Gasteiger partial charge in [-0.15, -0.1) is 0 Å². The van der Waals surface area contributed by atoms with Crippen LogP contribution in [-0.2, 0) is 0 Å². The molecule has 3 N–H and O–H groups in total. The smallest absolute Gasteiger partial charge is 0.190 e. The number of pyridine rings is 1. The van der Waals surface area contributed by atoms with Crippen LogP contribution >= 0.6 is 11.6 Å². The van der Waals surface area contributed by atoms with Gasteiger partial charge in [0.15, 0.2) is 5.43 Å². The fourth-order valence-electron chi connectivity index (χ4n) is 3.65. The summed E-state index contributed by atoms with van der Waals surface area (Å²) >= 11 is 6.65. The molecule has 0 unspecified atom stereocenters. The van der Waals surface area contributed by atoms with Gasteiger partial charge in [-0.1, -0.05) is 17.7 Å². The monoisotopic (exact) mass is 445 g/mol. The Morgan fingerprint density at radius 3 is 2.77 bits per heavy atom. The van der Waals surface area contributed by atoms with Crippen molar-refractivity contribution >= 4 is 34.0 Å². The Hall–Kier alpha value is -2.35. The molecule has 1 aliphatic rings. The summed E-state index contributed by atoms with van der Waals surface area (Å²) in [5, 5.41) is 7.56. The van der Waals surface area contributed by atoms with Gasteiger partial charge in [-0.25, -0.2) is 0 Å². The van der Waals surface area contributed by atoms with Crippen molar-refractivity contribution in [3.05, 3.63) is 45.2 Å². The van der Waals surface area contributed by atoms with Crippen LogP contribution in [0.2, 0.25) is 5.02 Å². The highest BCUT2D eigenvalue weighted by atomic mass is 35.5. The molecule has 0 radical (unpaired) electrons. The first-order valence-electron chi connectivity index (χ1n) is 10.8. The van der Waals surface area contributed by atoms with Crippen LogP contribution in [0.1, 0.15) is 33.4 Å². The number of aromatic amines is 1. The summed E-state index contributed by atoms with van der Waals surface area (Å²) in [6.07, 6.45) is 1.90. The molecular formula is C23H32ClN5O2. The van der Waals surface area contributed by atoms with Gasteiger partial charge in [-0.2, -0.15) is 0 Å². The minimum absolute atomic E-state index is 0.0994. The van der Waals surface area contributed by atoms with E-state index in [4.69, 9.17) is 16.3 Å². The van der Waals surface area contributed by atoms with Gasteiger partial charge in [-0.05, 0) is 39.8 Å². The van der Waals surface area contributed by atoms with E-state index in [2.05, 4.69) is 25.5 Å². The first-order chi connectivity index (χ1) is 14.9. The van der Waals surface area contributed by atoms with Gasteiger partial charge in [0.2, 0.25) is 0 Å². The summed E-state index contributed by atoms with van der Waals surface area (Å²) in [4.78, 5) is 22.9. The number of hydrogen-bond donors (Lipinski definition) is 3. The average Bonchev–Trinajstić information content (AvgIpc) is 2.74. The Labute approximate surface area is 188 Å². The highest BCUT2D eigenvalue weighted by Crippen LogP contribution is 2.31. The second kappa shape index (κ2) is 10.8. The molecule has 1 saturated heterocycles. The van der Waals surface area contributed by atoms with E-state index in [-0.39, 0.29) is 11.5 Å². The number of benzene rings is 1. The molecule has 0 amide bonds. The number of aliphatic imine (C=N–C) groups is 1. The number of fused-ring (bicyclic) bond motifs is 1. The molecule has 1 aliphatic heterocycles. The molecule has 168 valence electrons. The lowest BCUT2D eigenvalue weighted by molar-refractivity contribution is 0.191. The zero-order valence-electron chi connectivity index (χ0n) is 18.7. The SMILES string of the molecule is C/C=C(\NC(C)=NC(C)C)c1cc(=O)c2ccc(OCCN3CCNCC3)c(Cl)c2[nH]1. The third-order valence-electron chi connectivity index (χ3n) is 5.13. The molecule has 1 aromatic heterocycles. The Bertz CT molecular complexity index is 1020. The first kappa shape index (κ1) is 23.3. The van der Waals surface area contributed by atoms with Crippen LogP contribution in [0.5, 0.6) is 5.75 Å². The normalized spacial score (nSPS) is 16.2. The third-order valence-corrected chi connectivity index (χ3v) is 5.50. The standard InChI is InChI=1S/C23H32ClN5O2/c1-5-18(27-16(4)26-15(2)3)19-14-20(30)17-6-7-21(22(24)23(17)28-19)31-13-12-29-10-8-25-9-11-29/h5-7,14-15,25H,8-13H2,1-4H3,(H,26,27)(H,28,30)/b18-5-. The highest BCUT2D eigenvalue weighted by molar-refractivity contribution is 6.36. The Kier molecular flexibility index (Phi) is 8.12. The van der Waals surface area contributed by atoms with Crippen LogP contribution < -0.4 is 20.8 Å². The molecule has 1 fully saturated rings. The lowest BCUT2D eigenvalue weighted by Gasteiger charge is -2.27. The number of hydrogen-bond acceptors (Lipinski definition) is 5. The van der Waals surface area contributed by atoms with E-state index in [9.17, 15) is 4.79 Å². The second-order valence-electron chi connectivity index (χ2n) is 7.92. The predicted octanol–water partition coefficient (Wildman–Crippen LogP) is 3.24. The lowest BCUT2D eigenvalue weighted by Crippen LogP contribution is -2.44. The van der Waals surface area contributed by atoms with Crippen molar-refractivity contribution in [3.8, 4) is 5.75 Å². The average molecular weight is 446 g/mol. The van der Waals surface area contributed by atoms with Gasteiger partial charge in [0, 0.05) is 50.2 Å². The van der Waals surface area contributed by atoms with Crippen LogP contribution in [0.25, 0.3) is 16.6 Å². The molecule has 0 saturated carbocycles. The van der Waals surface area contributed by atoms with E-state index < -0.39 is 0 Å². The summed E-state index contributed by atoms with van der Waals surface area (Å²) in [6, 6.07) is 5.29. The van der Waals surface area contributed by atoms with E-state index in [1.54, 1.807) is 18.2 Å². The van der Waals surface area contributed by atoms with Gasteiger partial charge < -0.3 is 20.4 Å². The number of H-pyrrole nitrogens is 1. The second-order valence-corrected chi connectivity index (χ2v) is 8.30. The van der Waals surface area contributed by atoms with Crippen molar-refractivity contribution in [1.29, 1.82) is 0 Å². The van der Waals surface area contributed by atoms with Gasteiger partial charge in [0.1, 0.15) is 17.4 Å². The van der Waals surface area contributed by atoms with Crippen LogP contribution in [-0.4, -0.2) is 61.1 Å². The van der Waals surface area contributed by atoms with Gasteiger partial charge in [-0.3, -0.25) is 14.7 Å². The molecule has 0 atom stereocenters. The fourth-order valence-corrected chi connectivity index (χ4v) is 3.92. The lowest BCUT2D eigenvalue weighted by atomic mass is 10.1. The van der Waals surface area contributed by atoms with Crippen LogP contribution in [0, 0.1) is 0 Å². The maximum atomic E-state index is 12.8. The van der Waals surface area contributed by atoms with Crippen molar-refractivity contribution in [2.45, 2.75) is 33.7 Å². The van der Waals surface area contributed by atoms with Crippen molar-refractivity contribution in [1.82, 2.24) is 20.5 Å². The number of aromatic nitrogens is 1. The molecule has 7 nitrogen and oxygen atoms in total. The zero-order valence-corrected chi connectivity index (χ0v) is 19.5. The molecular weight excluding hydrogens is 414 g/mol. The molecule has 2 aromatic rings. The summed E-state index contributed by atoms with van der Waals surface area (Å²) < 4.78 is 5.96. The molecule has 0 spiro atoms. The number of piperazine rings is 1. The first-order valence-corrected chi connectivity index (χ1v) is 11.2. The van der Waals surface area contributed by atoms with Crippen molar-refractivity contribution in [3.63, 3.8) is 0 Å². The minimum atomic E-state index is -0.0994. The van der Waals surface area contributed by atoms with Gasteiger partial charge in [0.25, 0.3) is 0 Å². The summed E-state index contributed by atoms with van der Waals surface area (Å²) in [6.45, 7) is 13.3. The van der Waals surface area contributed by atoms with Crippen molar-refractivity contribution < 1.29 is 4.74 Å². The van der Waals surface area contributed by atoms with E-state index in [1.807, 2.05) is 33.8 Å². The molecule has 2 heterocycles. The summed E-state index contributed by atoms with van der Waals surface area (Å²) in [5.41, 5.74) is 1.89. The van der Waals surface area contributed by atoms with E-state index in [1.165, 1.54) is 0 Å². The molecule has 31 heavy (non-hydrogen) atoms. The highest BCUT2D eigenvalue weighted by Gasteiger charge is 2.14. The van der Waals surface area contributed by atoms with Gasteiger partial charge in [0.05, 0.1) is 22.7 Å². The van der Waals surface area contributed by atoms with Crippen molar-refractivity contribution in [2.75, 3.05) is 39.3 Å². The molecule has 0 bridgehead atoms. The topological polar surface area (TPSA) is 81.8 Å². The van der Waals surface area contributed by atoms with Gasteiger partial charge >= 0.3 is 0 Å². The van der Waals surface area contributed by atoms with E-state index >= 15 is 0 Å². The molecule has 8 heteroatoms. The Morgan fingerprint density at radius 1 is 1.35 bits per heavy atom. The quantitative estimate of drug-likeness (QED) is 0.450. The predicted molar refractivity (Wildman–Crippen MR) is 129 cm³/mol. The number of rotatable bonds is 7. The van der Waals surface area contributed by atoms with Crippen LogP contribution in [0.3, 0.4) is 0 Å². The minimum Gasteiger partial charge on any atom is -0.491 e. The zero-order chi connectivity index (χ0) is 22.4. The number of nitrogens with zero attached hydrogens (tertiary/aromatic N) is 2. The Morgan fingerprint density at radius 2 is 2.10 bits per heavy atom. The number of ether oxygens (including phenoxy) is 1. The van der Waals surface area contributed by atoms with Crippen LogP contribution in [0.15, 0.2) is 34.1 Å². The molecule has 3 rings (SSSR count). The number of halogens is 1. The Balaban J connectivity index is 1.83. The number of allylic oxidation sites excluding steroid dienone is 1.